The molecule has 13 heteroatoms. The lowest BCUT2D eigenvalue weighted by molar-refractivity contribution is -0.274. The van der Waals surface area contributed by atoms with Crippen LogP contribution in [-0.2, 0) is 4.79 Å². The molecule has 2 aromatic rings. The molecule has 0 radical (unpaired) electrons. The van der Waals surface area contributed by atoms with Crippen molar-refractivity contribution in [2.75, 3.05) is 13.1 Å². The molecule has 1 aromatic carbocycles. The Kier molecular flexibility index (Phi) is 5.07. The van der Waals surface area contributed by atoms with Gasteiger partial charge in [-0.3, -0.25) is 4.79 Å². The molecule has 1 aliphatic rings. The van der Waals surface area contributed by atoms with Gasteiger partial charge in [-0.2, -0.15) is 4.68 Å². The van der Waals surface area contributed by atoms with Crippen molar-refractivity contribution in [2.45, 2.75) is 25.7 Å². The predicted octanol–water partition coefficient (Wildman–Crippen LogP) is 0.506. The number of hydrogen-bond donors (Lipinski definition) is 1. The molecule has 0 saturated carbocycles. The van der Waals surface area contributed by atoms with E-state index in [1.807, 2.05) is 0 Å². The number of tetrazole rings is 1. The number of amides is 2. The first kappa shape index (κ1) is 19.4. The van der Waals surface area contributed by atoms with E-state index in [1.54, 1.807) is 0 Å². The Balaban J connectivity index is 1.79. The molecule has 1 saturated heterocycles. The number of hydrogen-bond acceptors (Lipinski definition) is 6. The van der Waals surface area contributed by atoms with Crippen molar-refractivity contribution in [3.05, 3.63) is 34.7 Å². The van der Waals surface area contributed by atoms with Gasteiger partial charge in [0, 0.05) is 32.1 Å². The first-order valence-electron chi connectivity index (χ1n) is 8.11. The summed E-state index contributed by atoms with van der Waals surface area (Å²) in [5, 5.41) is 9.73. The Morgan fingerprint density at radius 1 is 1.29 bits per heavy atom. The molecule has 1 N–H and O–H groups in total. The summed E-state index contributed by atoms with van der Waals surface area (Å²) in [5.74, 6) is -0.779. The van der Waals surface area contributed by atoms with E-state index >= 15 is 0 Å². The standard InChI is InChI=1S/C15H15F3N6O4/c1-9(25)19-10-5-6-22(8-10)13(26)24-14(27)23(20-21-24)11-3-2-4-12(7-11)28-15(16,17)18/h2-4,7,10H,5-6,8H2,1H3,(H,19,25). The van der Waals surface area contributed by atoms with Crippen molar-refractivity contribution in [2.24, 2.45) is 0 Å². The van der Waals surface area contributed by atoms with E-state index in [4.69, 9.17) is 0 Å². The van der Waals surface area contributed by atoms with Crippen molar-refractivity contribution in [1.29, 1.82) is 0 Å². The van der Waals surface area contributed by atoms with Gasteiger partial charge in [0.2, 0.25) is 5.91 Å². The number of carbonyl (C=O) groups excluding carboxylic acids is 2. The molecule has 3 rings (SSSR count). The number of carbonyl (C=O) groups is 2. The smallest absolute Gasteiger partial charge is 0.406 e. The van der Waals surface area contributed by atoms with Gasteiger partial charge in [-0.05, 0) is 29.0 Å². The van der Waals surface area contributed by atoms with E-state index in [0.717, 1.165) is 12.1 Å². The van der Waals surface area contributed by atoms with Crippen molar-refractivity contribution in [3.63, 3.8) is 0 Å². The number of halogens is 3. The maximum atomic E-state index is 12.5. The second-order valence-corrected chi connectivity index (χ2v) is 6.04. The molecule has 2 heterocycles. The fraction of sp³-hybridized carbons (Fsp3) is 0.400. The summed E-state index contributed by atoms with van der Waals surface area (Å²) in [5.41, 5.74) is -1.000. The van der Waals surface area contributed by atoms with Crippen molar-refractivity contribution in [3.8, 4) is 11.4 Å². The molecule has 0 bridgehead atoms. The zero-order chi connectivity index (χ0) is 20.5. The maximum Gasteiger partial charge on any atom is 0.573 e. The first-order chi connectivity index (χ1) is 13.1. The van der Waals surface area contributed by atoms with Gasteiger partial charge in [-0.15, -0.1) is 17.9 Å². The minimum absolute atomic E-state index is 0.0525. The highest BCUT2D eigenvalue weighted by Gasteiger charge is 2.32. The molecule has 150 valence electrons. The lowest BCUT2D eigenvalue weighted by Gasteiger charge is -2.15. The molecule has 1 unspecified atom stereocenters. The van der Waals surface area contributed by atoms with E-state index in [9.17, 15) is 27.6 Å². The number of nitrogens with zero attached hydrogens (tertiary/aromatic N) is 5. The van der Waals surface area contributed by atoms with Crippen LogP contribution in [0.1, 0.15) is 13.3 Å². The summed E-state index contributed by atoms with van der Waals surface area (Å²) >= 11 is 0. The van der Waals surface area contributed by atoms with Crippen LogP contribution in [0.4, 0.5) is 18.0 Å². The number of aromatic nitrogens is 4. The Morgan fingerprint density at radius 3 is 2.71 bits per heavy atom. The van der Waals surface area contributed by atoms with Crippen molar-refractivity contribution < 1.29 is 27.5 Å². The van der Waals surface area contributed by atoms with E-state index in [2.05, 4.69) is 20.5 Å². The van der Waals surface area contributed by atoms with Crippen molar-refractivity contribution >= 4 is 11.9 Å². The van der Waals surface area contributed by atoms with Crippen LogP contribution in [-0.4, -0.2) is 62.1 Å². The number of benzene rings is 1. The molecule has 28 heavy (non-hydrogen) atoms. The van der Waals surface area contributed by atoms with Crippen LogP contribution in [0.2, 0.25) is 0 Å². The molecule has 0 aliphatic carbocycles. The molecular weight excluding hydrogens is 385 g/mol. The van der Waals surface area contributed by atoms with Gasteiger partial charge >= 0.3 is 18.1 Å². The maximum absolute atomic E-state index is 12.5. The molecule has 10 nitrogen and oxygen atoms in total. The van der Waals surface area contributed by atoms with E-state index in [-0.39, 0.29) is 24.2 Å². The van der Waals surface area contributed by atoms with Crippen LogP contribution in [0.25, 0.3) is 5.69 Å². The van der Waals surface area contributed by atoms with Crippen LogP contribution in [0, 0.1) is 0 Å². The fourth-order valence-electron chi connectivity index (χ4n) is 2.81. The molecule has 1 fully saturated rings. The molecule has 0 spiro atoms. The third-order valence-corrected chi connectivity index (χ3v) is 3.92. The Hall–Kier alpha value is -3.38. The van der Waals surface area contributed by atoms with Crippen LogP contribution in [0.5, 0.6) is 5.75 Å². The number of alkyl halides is 3. The summed E-state index contributed by atoms with van der Waals surface area (Å²) in [7, 11) is 0. The highest BCUT2D eigenvalue weighted by molar-refractivity contribution is 5.76. The van der Waals surface area contributed by atoms with Crippen LogP contribution >= 0.6 is 0 Å². The van der Waals surface area contributed by atoms with Gasteiger partial charge in [0.1, 0.15) is 5.75 Å². The summed E-state index contributed by atoms with van der Waals surface area (Å²) in [4.78, 5) is 37.4. The average Bonchev–Trinajstić information content (AvgIpc) is 3.19. The topological polar surface area (TPSA) is 111 Å². The molecule has 1 atom stereocenters. The third-order valence-electron chi connectivity index (χ3n) is 3.92. The zero-order valence-electron chi connectivity index (χ0n) is 14.5. The SMILES string of the molecule is CC(=O)NC1CCN(C(=O)n2nnn(-c3cccc(OC(F)(F)F)c3)c2=O)C1. The van der Waals surface area contributed by atoms with Crippen LogP contribution < -0.4 is 15.7 Å². The third kappa shape index (κ3) is 4.29. The van der Waals surface area contributed by atoms with Gasteiger partial charge in [-0.25, -0.2) is 9.59 Å². The highest BCUT2D eigenvalue weighted by atomic mass is 19.4. The minimum Gasteiger partial charge on any atom is -0.406 e. The molecular formula is C15H15F3N6O4. The van der Waals surface area contributed by atoms with Gasteiger partial charge in [0.15, 0.2) is 0 Å². The Bertz CT molecular complexity index is 954. The zero-order valence-corrected chi connectivity index (χ0v) is 14.5. The molecule has 1 aromatic heterocycles. The van der Waals surface area contributed by atoms with E-state index < -0.39 is 23.8 Å². The average molecular weight is 400 g/mol. The largest absolute Gasteiger partial charge is 0.573 e. The number of rotatable bonds is 3. The number of likely N-dealkylation sites (tertiary alicyclic amines) is 1. The molecule has 1 aliphatic heterocycles. The number of nitrogens with one attached hydrogen (secondary N) is 1. The summed E-state index contributed by atoms with van der Waals surface area (Å²) < 4.78 is 42.0. The van der Waals surface area contributed by atoms with Gasteiger partial charge in [0.05, 0.1) is 5.69 Å². The Morgan fingerprint density at radius 2 is 2.04 bits per heavy atom. The van der Waals surface area contributed by atoms with Crippen LogP contribution in [0.3, 0.4) is 0 Å². The summed E-state index contributed by atoms with van der Waals surface area (Å²) in [6.45, 7) is 1.86. The number of ether oxygens (including phenoxy) is 1. The van der Waals surface area contributed by atoms with Crippen LogP contribution in [0.15, 0.2) is 29.1 Å². The predicted molar refractivity (Wildman–Crippen MR) is 86.9 cm³/mol. The van der Waals surface area contributed by atoms with Gasteiger partial charge in [-0.1, -0.05) is 6.07 Å². The van der Waals surface area contributed by atoms with Gasteiger partial charge < -0.3 is 15.0 Å². The normalized spacial score (nSPS) is 16.9. The van der Waals surface area contributed by atoms with E-state index in [1.165, 1.54) is 24.0 Å². The fourth-order valence-corrected chi connectivity index (χ4v) is 2.81. The lowest BCUT2D eigenvalue weighted by atomic mass is 10.3. The lowest BCUT2D eigenvalue weighted by Crippen LogP contribution is -2.42. The van der Waals surface area contributed by atoms with E-state index in [0.29, 0.717) is 22.3 Å². The highest BCUT2D eigenvalue weighted by Crippen LogP contribution is 2.24. The minimum atomic E-state index is -4.89. The molecule has 2 amide bonds. The van der Waals surface area contributed by atoms with Gasteiger partial charge in [0.25, 0.3) is 0 Å². The Labute approximate surface area is 155 Å². The quantitative estimate of drug-likeness (QED) is 0.752. The second-order valence-electron chi connectivity index (χ2n) is 6.04. The second kappa shape index (κ2) is 7.32. The first-order valence-corrected chi connectivity index (χ1v) is 8.11. The summed E-state index contributed by atoms with van der Waals surface area (Å²) in [6, 6.07) is 3.58. The van der Waals surface area contributed by atoms with Crippen molar-refractivity contribution in [1.82, 2.24) is 30.0 Å². The monoisotopic (exact) mass is 400 g/mol. The summed E-state index contributed by atoms with van der Waals surface area (Å²) in [6.07, 6.45) is -4.37.